The lowest BCUT2D eigenvalue weighted by Gasteiger charge is -2.09. The predicted octanol–water partition coefficient (Wildman–Crippen LogP) is 13.5. The molecule has 2 aliphatic rings. The maximum Gasteiger partial charge on any atom is 0.337 e. The number of thiophene rings is 1. The average Bonchev–Trinajstić information content (AvgIpc) is 4.15. The third-order valence-electron chi connectivity index (χ3n) is 11.3. The van der Waals surface area contributed by atoms with Gasteiger partial charge in [-0.2, -0.15) is 11.3 Å². The molecule has 11 rings (SSSR count). The van der Waals surface area contributed by atoms with Crippen LogP contribution in [0.5, 0.6) is 0 Å². The lowest BCUT2D eigenvalue weighted by atomic mass is 9.97. The Bertz CT molecular complexity index is 3300. The number of esters is 1. The summed E-state index contributed by atoms with van der Waals surface area (Å²) >= 11 is 1.67. The van der Waals surface area contributed by atoms with Crippen LogP contribution in [-0.4, -0.2) is 33.0 Å². The van der Waals surface area contributed by atoms with Crippen molar-refractivity contribution < 1.29 is 9.53 Å². The number of aromatic amines is 2. The number of aromatic nitrogens is 4. The minimum absolute atomic E-state index is 0.384. The van der Waals surface area contributed by atoms with Gasteiger partial charge in [-0.25, -0.2) is 14.8 Å². The maximum atomic E-state index is 12.5. The zero-order valence-corrected chi connectivity index (χ0v) is 32.7. The van der Waals surface area contributed by atoms with Crippen LogP contribution >= 0.6 is 11.3 Å². The molecule has 0 saturated heterocycles. The number of H-pyrrole nitrogens is 2. The van der Waals surface area contributed by atoms with Gasteiger partial charge in [-0.3, -0.25) is 0 Å². The Labute approximate surface area is 343 Å². The van der Waals surface area contributed by atoms with Crippen molar-refractivity contribution in [3.63, 3.8) is 0 Å². The standard InChI is InChI=1S/C52H34N4O2S/c1-58-52(57)34-18-16-33(17-19-34)48-40-20-24-44(53-40)50(38-14-6-10-31-8-2-4-12-36(31)38)46-26-22-42(55-46)49(35-28-29-59-30-35)43-23-27-47(56-43)51(45-25-21-41(48)54-45)39-15-7-11-32-9-3-5-13-37(32)39/h2-30,53,56H,1H3. The lowest BCUT2D eigenvalue weighted by Crippen LogP contribution is -2.00. The maximum absolute atomic E-state index is 12.5. The van der Waals surface area contributed by atoms with Crippen molar-refractivity contribution in [3.8, 4) is 44.5 Å². The number of hydrogen-bond acceptors (Lipinski definition) is 5. The second-order valence-electron chi connectivity index (χ2n) is 14.6. The Morgan fingerprint density at radius 3 is 1.44 bits per heavy atom. The van der Waals surface area contributed by atoms with Crippen LogP contribution in [0.25, 0.3) is 112 Å². The first-order valence-electron chi connectivity index (χ1n) is 19.4. The fourth-order valence-corrected chi connectivity index (χ4v) is 9.21. The number of rotatable bonds is 5. The molecule has 0 saturated carbocycles. The minimum atomic E-state index is -0.384. The third-order valence-corrected chi connectivity index (χ3v) is 12.0. The van der Waals surface area contributed by atoms with Crippen LogP contribution < -0.4 is 0 Å². The van der Waals surface area contributed by atoms with E-state index in [0.717, 1.165) is 111 Å². The SMILES string of the molecule is COC(=O)c1ccc(-c2c3nc(c(-c4cccc5ccccc45)c4ccc([nH]4)c(-c4ccsc4)c4nc(c(-c5cccc6ccccc56)c5ccc2[nH]5)C=C4)C=C3)cc1. The number of hydrogen-bond donors (Lipinski definition) is 2. The predicted molar refractivity (Wildman–Crippen MR) is 245 cm³/mol. The molecule has 4 aromatic heterocycles. The van der Waals surface area contributed by atoms with Crippen molar-refractivity contribution in [1.82, 2.24) is 19.9 Å². The van der Waals surface area contributed by atoms with E-state index >= 15 is 0 Å². The molecule has 0 amide bonds. The van der Waals surface area contributed by atoms with Crippen molar-refractivity contribution in [2.24, 2.45) is 0 Å². The molecule has 2 aliphatic heterocycles. The van der Waals surface area contributed by atoms with E-state index in [2.05, 4.69) is 160 Å². The monoisotopic (exact) mass is 778 g/mol. The van der Waals surface area contributed by atoms with E-state index in [1.54, 1.807) is 23.5 Å². The summed E-state index contributed by atoms with van der Waals surface area (Å²) in [5.74, 6) is -0.384. The summed E-state index contributed by atoms with van der Waals surface area (Å²) in [6.45, 7) is 0. The molecule has 9 aromatic rings. The second-order valence-corrected chi connectivity index (χ2v) is 15.4. The highest BCUT2D eigenvalue weighted by atomic mass is 32.1. The molecule has 2 N–H and O–H groups in total. The smallest absolute Gasteiger partial charge is 0.337 e. The van der Waals surface area contributed by atoms with Gasteiger partial charge < -0.3 is 14.7 Å². The van der Waals surface area contributed by atoms with Crippen LogP contribution in [0.15, 0.2) is 150 Å². The molecule has 6 heterocycles. The number of carbonyl (C=O) groups is 1. The summed E-state index contributed by atoms with van der Waals surface area (Å²) in [6.07, 6.45) is 8.47. The molecule has 0 radical (unpaired) electrons. The summed E-state index contributed by atoms with van der Waals surface area (Å²) < 4.78 is 5.04. The van der Waals surface area contributed by atoms with Gasteiger partial charge in [0.05, 0.1) is 35.4 Å². The summed E-state index contributed by atoms with van der Waals surface area (Å²) in [7, 11) is 1.40. The van der Waals surface area contributed by atoms with E-state index in [1.807, 2.05) is 12.1 Å². The van der Waals surface area contributed by atoms with Crippen molar-refractivity contribution >= 4 is 85.2 Å². The normalized spacial score (nSPS) is 12.1. The third kappa shape index (κ3) is 5.90. The molecule has 8 bridgehead atoms. The van der Waals surface area contributed by atoms with Gasteiger partial charge in [-0.1, -0.05) is 97.1 Å². The van der Waals surface area contributed by atoms with Gasteiger partial charge in [0.2, 0.25) is 0 Å². The molecule has 5 aromatic carbocycles. The number of fused-ring (bicyclic) bond motifs is 10. The van der Waals surface area contributed by atoms with Crippen LogP contribution in [0.1, 0.15) is 33.1 Å². The van der Waals surface area contributed by atoms with Crippen LogP contribution in [0.4, 0.5) is 0 Å². The molecule has 7 heteroatoms. The zero-order valence-electron chi connectivity index (χ0n) is 31.9. The van der Waals surface area contributed by atoms with E-state index in [0.29, 0.717) is 5.56 Å². The summed E-state index contributed by atoms with van der Waals surface area (Å²) in [6, 6.07) is 48.1. The zero-order chi connectivity index (χ0) is 39.5. The van der Waals surface area contributed by atoms with Gasteiger partial charge in [-0.15, -0.1) is 0 Å². The van der Waals surface area contributed by atoms with E-state index in [4.69, 9.17) is 14.7 Å². The topological polar surface area (TPSA) is 83.7 Å². The van der Waals surface area contributed by atoms with E-state index in [9.17, 15) is 4.79 Å². The summed E-state index contributed by atoms with van der Waals surface area (Å²) in [5.41, 5.74) is 15.6. The van der Waals surface area contributed by atoms with Crippen LogP contribution in [-0.2, 0) is 4.74 Å². The number of methoxy groups -OCH3 is 1. The van der Waals surface area contributed by atoms with Crippen molar-refractivity contribution in [1.29, 1.82) is 0 Å². The highest BCUT2D eigenvalue weighted by molar-refractivity contribution is 7.08. The lowest BCUT2D eigenvalue weighted by molar-refractivity contribution is 0.0600. The fraction of sp³-hybridized carbons (Fsp3) is 0.0192. The molecular weight excluding hydrogens is 745 g/mol. The van der Waals surface area contributed by atoms with Gasteiger partial charge in [0.1, 0.15) is 0 Å². The largest absolute Gasteiger partial charge is 0.465 e. The van der Waals surface area contributed by atoms with Gasteiger partial charge in [-0.05, 0) is 121 Å². The number of ether oxygens (including phenoxy) is 1. The Morgan fingerprint density at radius 1 is 0.492 bits per heavy atom. The molecule has 0 unspecified atom stereocenters. The summed E-state index contributed by atoms with van der Waals surface area (Å²) in [5, 5.41) is 8.87. The van der Waals surface area contributed by atoms with E-state index in [-0.39, 0.29) is 5.97 Å². The quantitative estimate of drug-likeness (QED) is 0.170. The van der Waals surface area contributed by atoms with Crippen LogP contribution in [0.3, 0.4) is 0 Å². The van der Waals surface area contributed by atoms with Crippen molar-refractivity contribution in [2.45, 2.75) is 0 Å². The van der Waals surface area contributed by atoms with E-state index in [1.165, 1.54) is 7.11 Å². The first-order valence-corrected chi connectivity index (χ1v) is 20.4. The van der Waals surface area contributed by atoms with E-state index < -0.39 is 0 Å². The van der Waals surface area contributed by atoms with Gasteiger partial charge >= 0.3 is 5.97 Å². The first-order chi connectivity index (χ1) is 29.1. The summed E-state index contributed by atoms with van der Waals surface area (Å²) in [4.78, 5) is 31.2. The first kappa shape index (κ1) is 34.6. The molecule has 0 aliphatic carbocycles. The Kier molecular flexibility index (Phi) is 8.27. The second kappa shape index (κ2) is 14.1. The molecule has 0 spiro atoms. The van der Waals surface area contributed by atoms with Gasteiger partial charge in [0.25, 0.3) is 0 Å². The molecule has 6 nitrogen and oxygen atoms in total. The Balaban J connectivity index is 1.32. The average molecular weight is 779 g/mol. The van der Waals surface area contributed by atoms with Gasteiger partial charge in [0, 0.05) is 44.3 Å². The molecular formula is C52H34N4O2S. The highest BCUT2D eigenvalue weighted by Crippen LogP contribution is 2.41. The molecule has 280 valence electrons. The number of nitrogens with one attached hydrogen (secondary N) is 2. The van der Waals surface area contributed by atoms with Crippen molar-refractivity contribution in [2.75, 3.05) is 7.11 Å². The molecule has 0 atom stereocenters. The van der Waals surface area contributed by atoms with Crippen LogP contribution in [0.2, 0.25) is 0 Å². The fourth-order valence-electron chi connectivity index (χ4n) is 8.56. The van der Waals surface area contributed by atoms with Crippen molar-refractivity contribution in [3.05, 3.63) is 179 Å². The molecule has 0 fully saturated rings. The number of benzene rings is 5. The highest BCUT2D eigenvalue weighted by Gasteiger charge is 2.20. The number of carbonyl (C=O) groups excluding carboxylic acids is 1. The Morgan fingerprint density at radius 2 is 0.949 bits per heavy atom. The number of nitrogens with zero attached hydrogens (tertiary/aromatic N) is 2. The Hall–Kier alpha value is -7.61. The molecule has 59 heavy (non-hydrogen) atoms. The van der Waals surface area contributed by atoms with Crippen LogP contribution in [0, 0.1) is 0 Å². The minimum Gasteiger partial charge on any atom is -0.465 e. The van der Waals surface area contributed by atoms with Gasteiger partial charge in [0.15, 0.2) is 0 Å².